The fourth-order valence-corrected chi connectivity index (χ4v) is 2.17. The normalized spacial score (nSPS) is 11.8. The third kappa shape index (κ3) is 4.24. The molecule has 0 saturated carbocycles. The summed E-state index contributed by atoms with van der Waals surface area (Å²) in [6, 6.07) is 8.90. The molecular weight excluding hydrogens is 244 g/mol. The summed E-state index contributed by atoms with van der Waals surface area (Å²) in [5.74, 6) is 0. The molecule has 108 valence electrons. The van der Waals surface area contributed by atoms with Gasteiger partial charge in [-0.25, -0.2) is 0 Å². The number of nitrogens with zero attached hydrogens (tertiary/aromatic N) is 1. The molecule has 0 aliphatic heterocycles. The highest BCUT2D eigenvalue weighted by Crippen LogP contribution is 2.12. The maximum absolute atomic E-state index is 3.52. The Labute approximate surface area is 122 Å². The summed E-state index contributed by atoms with van der Waals surface area (Å²) in [6.07, 6.45) is 4.39. The van der Waals surface area contributed by atoms with Crippen molar-refractivity contribution in [2.75, 3.05) is 0 Å². The number of hydrogen-bond acceptors (Lipinski definition) is 1. The van der Waals surface area contributed by atoms with Gasteiger partial charge in [0.15, 0.2) is 0 Å². The topological polar surface area (TPSA) is 17.0 Å². The molecule has 2 nitrogen and oxygen atoms in total. The summed E-state index contributed by atoms with van der Waals surface area (Å²) in [5, 5.41) is 3.52. The molecule has 0 unspecified atom stereocenters. The van der Waals surface area contributed by atoms with E-state index in [2.05, 4.69) is 81.2 Å². The Kier molecular flexibility index (Phi) is 4.34. The van der Waals surface area contributed by atoms with Gasteiger partial charge in [-0.05, 0) is 62.9 Å². The van der Waals surface area contributed by atoms with Crippen molar-refractivity contribution >= 4 is 0 Å². The van der Waals surface area contributed by atoms with Crippen LogP contribution in [0.2, 0.25) is 0 Å². The van der Waals surface area contributed by atoms with E-state index in [1.165, 1.54) is 22.3 Å². The second-order valence-corrected chi connectivity index (χ2v) is 6.71. The van der Waals surface area contributed by atoms with Crippen molar-refractivity contribution in [2.24, 2.45) is 0 Å². The number of nitrogens with one attached hydrogen (secondary N) is 1. The van der Waals surface area contributed by atoms with Crippen molar-refractivity contribution in [3.8, 4) is 0 Å². The van der Waals surface area contributed by atoms with Gasteiger partial charge in [-0.3, -0.25) is 0 Å². The number of rotatable bonds is 4. The summed E-state index contributed by atoms with van der Waals surface area (Å²) in [7, 11) is 0. The quantitative estimate of drug-likeness (QED) is 0.887. The van der Waals surface area contributed by atoms with Gasteiger partial charge in [0, 0.05) is 31.0 Å². The summed E-state index contributed by atoms with van der Waals surface area (Å²) in [4.78, 5) is 0. The first-order chi connectivity index (χ1) is 9.33. The molecule has 0 fully saturated rings. The minimum absolute atomic E-state index is 0.163. The second-order valence-electron chi connectivity index (χ2n) is 6.71. The predicted octanol–water partition coefficient (Wildman–Crippen LogP) is 4.04. The van der Waals surface area contributed by atoms with Crippen LogP contribution in [0.4, 0.5) is 0 Å². The summed E-state index contributed by atoms with van der Waals surface area (Å²) in [5.41, 5.74) is 5.58. The van der Waals surface area contributed by atoms with E-state index in [1.807, 2.05) is 0 Å². The lowest BCUT2D eigenvalue weighted by Crippen LogP contribution is -2.34. The Balaban J connectivity index is 2.00. The monoisotopic (exact) mass is 270 g/mol. The van der Waals surface area contributed by atoms with Crippen LogP contribution in [0, 0.1) is 13.8 Å². The first-order valence-corrected chi connectivity index (χ1v) is 7.29. The van der Waals surface area contributed by atoms with Crippen LogP contribution in [0.5, 0.6) is 0 Å². The molecule has 0 spiro atoms. The van der Waals surface area contributed by atoms with Crippen molar-refractivity contribution in [3.63, 3.8) is 0 Å². The first kappa shape index (κ1) is 14.9. The van der Waals surface area contributed by atoms with Crippen LogP contribution in [0.15, 0.2) is 36.7 Å². The van der Waals surface area contributed by atoms with E-state index in [1.54, 1.807) is 0 Å². The highest BCUT2D eigenvalue weighted by atomic mass is 15.0. The van der Waals surface area contributed by atoms with Crippen LogP contribution < -0.4 is 5.32 Å². The van der Waals surface area contributed by atoms with E-state index < -0.39 is 0 Å². The molecule has 0 aliphatic rings. The van der Waals surface area contributed by atoms with Crippen LogP contribution >= 0.6 is 0 Å². The number of aryl methyl sites for hydroxylation is 2. The number of benzene rings is 1. The van der Waals surface area contributed by atoms with Crippen LogP contribution in [0.1, 0.15) is 43.0 Å². The first-order valence-electron chi connectivity index (χ1n) is 7.29. The number of hydrogen-bond donors (Lipinski definition) is 1. The molecule has 0 aliphatic carbocycles. The lowest BCUT2D eigenvalue weighted by atomic mass is 10.1. The van der Waals surface area contributed by atoms with Crippen molar-refractivity contribution in [1.82, 2.24) is 9.88 Å². The molecule has 1 N–H and O–H groups in total. The molecular formula is C18H26N2. The fourth-order valence-electron chi connectivity index (χ4n) is 2.17. The zero-order valence-corrected chi connectivity index (χ0v) is 13.3. The average Bonchev–Trinajstić information content (AvgIpc) is 2.78. The van der Waals surface area contributed by atoms with Crippen molar-refractivity contribution < 1.29 is 0 Å². The summed E-state index contributed by atoms with van der Waals surface area (Å²) >= 11 is 0. The molecule has 2 rings (SSSR count). The fraction of sp³-hybridized carbons (Fsp3) is 0.444. The molecule has 0 atom stereocenters. The summed E-state index contributed by atoms with van der Waals surface area (Å²) in [6.45, 7) is 12.8. The predicted molar refractivity (Wildman–Crippen MR) is 86.0 cm³/mol. The molecule has 1 aromatic carbocycles. The van der Waals surface area contributed by atoms with Crippen LogP contribution in [0.25, 0.3) is 0 Å². The highest BCUT2D eigenvalue weighted by molar-refractivity contribution is 5.30. The molecule has 2 heteroatoms. The molecule has 0 saturated heterocycles. The smallest absolute Gasteiger partial charge is 0.0470 e. The van der Waals surface area contributed by atoms with Crippen molar-refractivity contribution in [1.29, 1.82) is 0 Å². The van der Waals surface area contributed by atoms with Crippen LogP contribution in [0.3, 0.4) is 0 Å². The zero-order valence-electron chi connectivity index (χ0n) is 13.3. The Morgan fingerprint density at radius 1 is 1.00 bits per heavy atom. The lowest BCUT2D eigenvalue weighted by molar-refractivity contribution is 0.424. The Morgan fingerprint density at radius 3 is 2.40 bits per heavy atom. The summed E-state index contributed by atoms with van der Waals surface area (Å²) < 4.78 is 2.25. The molecule has 1 heterocycles. The minimum Gasteiger partial charge on any atom is -0.350 e. The van der Waals surface area contributed by atoms with Gasteiger partial charge in [0.25, 0.3) is 0 Å². The van der Waals surface area contributed by atoms with E-state index in [4.69, 9.17) is 0 Å². The number of aromatic nitrogens is 1. The maximum atomic E-state index is 3.52. The van der Waals surface area contributed by atoms with Gasteiger partial charge in [0.2, 0.25) is 0 Å². The molecule has 0 bridgehead atoms. The van der Waals surface area contributed by atoms with Gasteiger partial charge in [-0.1, -0.05) is 18.2 Å². The van der Waals surface area contributed by atoms with E-state index >= 15 is 0 Å². The maximum Gasteiger partial charge on any atom is 0.0470 e. The molecule has 2 aromatic rings. The zero-order chi connectivity index (χ0) is 14.8. The lowest BCUT2D eigenvalue weighted by Gasteiger charge is -2.19. The highest BCUT2D eigenvalue weighted by Gasteiger charge is 2.08. The van der Waals surface area contributed by atoms with E-state index in [0.29, 0.717) is 0 Å². The Hall–Kier alpha value is -1.54. The molecule has 0 radical (unpaired) electrons. The Morgan fingerprint density at radius 2 is 1.75 bits per heavy atom. The van der Waals surface area contributed by atoms with E-state index in [0.717, 1.165) is 13.1 Å². The van der Waals surface area contributed by atoms with Gasteiger partial charge >= 0.3 is 0 Å². The third-order valence-corrected chi connectivity index (χ3v) is 3.57. The molecule has 20 heavy (non-hydrogen) atoms. The van der Waals surface area contributed by atoms with Gasteiger partial charge in [0.05, 0.1) is 0 Å². The van der Waals surface area contributed by atoms with Crippen molar-refractivity contribution in [2.45, 2.75) is 53.2 Å². The molecule has 0 amide bonds. The SMILES string of the molecule is Cc1ccc(Cn2ccc(CNC(C)(C)C)c2)cc1C. The van der Waals surface area contributed by atoms with E-state index in [-0.39, 0.29) is 5.54 Å². The van der Waals surface area contributed by atoms with Crippen molar-refractivity contribution in [3.05, 3.63) is 58.9 Å². The van der Waals surface area contributed by atoms with Crippen LogP contribution in [-0.2, 0) is 13.1 Å². The minimum atomic E-state index is 0.163. The average molecular weight is 270 g/mol. The van der Waals surface area contributed by atoms with Gasteiger partial charge in [-0.2, -0.15) is 0 Å². The second kappa shape index (κ2) is 5.84. The Bertz CT molecular complexity index is 573. The standard InChI is InChI=1S/C18H26N2/c1-14-6-7-16(10-15(14)2)12-20-9-8-17(13-20)11-19-18(3,4)5/h6-10,13,19H,11-12H2,1-5H3. The molecule has 1 aromatic heterocycles. The van der Waals surface area contributed by atoms with Gasteiger partial charge in [-0.15, -0.1) is 0 Å². The third-order valence-electron chi connectivity index (χ3n) is 3.57. The largest absolute Gasteiger partial charge is 0.350 e. The van der Waals surface area contributed by atoms with Gasteiger partial charge in [0.1, 0.15) is 0 Å². The van der Waals surface area contributed by atoms with Crippen LogP contribution in [-0.4, -0.2) is 10.1 Å². The van der Waals surface area contributed by atoms with E-state index in [9.17, 15) is 0 Å². The van der Waals surface area contributed by atoms with Gasteiger partial charge < -0.3 is 9.88 Å².